The van der Waals surface area contributed by atoms with Gasteiger partial charge in [-0.05, 0) is 24.5 Å². The lowest BCUT2D eigenvalue weighted by molar-refractivity contribution is -0.0947. The largest absolute Gasteiger partial charge is 0.360 e. The van der Waals surface area contributed by atoms with Crippen LogP contribution in [0.15, 0.2) is 41.6 Å². The number of carbonyl (C=O) groups is 1. The number of ether oxygens (including phenoxy) is 1. The van der Waals surface area contributed by atoms with E-state index in [9.17, 15) is 17.6 Å². The first-order chi connectivity index (χ1) is 16.2. The van der Waals surface area contributed by atoms with Gasteiger partial charge in [0.05, 0.1) is 11.7 Å². The molecule has 0 spiro atoms. The van der Waals surface area contributed by atoms with Crippen LogP contribution in [-0.2, 0) is 21.8 Å². The predicted molar refractivity (Wildman–Crippen MR) is 129 cm³/mol. The van der Waals surface area contributed by atoms with E-state index in [0.717, 1.165) is 0 Å². The third kappa shape index (κ3) is 5.21. The Kier molecular flexibility index (Phi) is 8.53. The summed E-state index contributed by atoms with van der Waals surface area (Å²) in [6.07, 6.45) is 0.107. The normalized spacial score (nSPS) is 26.7. The van der Waals surface area contributed by atoms with E-state index in [0.29, 0.717) is 25.1 Å². The second-order valence-corrected chi connectivity index (χ2v) is 10.9. The second-order valence-electron chi connectivity index (χ2n) is 9.01. The summed E-state index contributed by atoms with van der Waals surface area (Å²) in [5.41, 5.74) is -0.317. The van der Waals surface area contributed by atoms with Crippen LogP contribution in [0, 0.1) is 5.92 Å². The Balaban J connectivity index is 0.00000342. The third-order valence-electron chi connectivity index (χ3n) is 7.01. The summed E-state index contributed by atoms with van der Waals surface area (Å²) < 4.78 is 49.2. The van der Waals surface area contributed by atoms with E-state index in [1.54, 1.807) is 31.3 Å². The third-order valence-corrected chi connectivity index (χ3v) is 8.77. The molecule has 1 N–H and O–H groups in total. The number of hydrogen-bond donors (Lipinski definition) is 1. The number of alkyl halides is 1. The summed E-state index contributed by atoms with van der Waals surface area (Å²) in [7, 11) is -0.663. The number of hydrogen-bond acceptors (Lipinski definition) is 7. The number of halogens is 2. The van der Waals surface area contributed by atoms with Gasteiger partial charge in [-0.2, -0.15) is 4.31 Å². The highest BCUT2D eigenvalue weighted by atomic mass is 35.5. The molecule has 194 valence electrons. The minimum Gasteiger partial charge on any atom is -0.360 e. The molecule has 1 aliphatic carbocycles. The highest BCUT2D eigenvalue weighted by molar-refractivity contribution is 7.89. The van der Waals surface area contributed by atoms with Crippen molar-refractivity contribution in [3.8, 4) is 0 Å². The Morgan fingerprint density at radius 2 is 1.89 bits per heavy atom. The molecule has 1 aliphatic heterocycles. The van der Waals surface area contributed by atoms with Gasteiger partial charge in [0.2, 0.25) is 5.03 Å². The molecule has 2 aromatic rings. The predicted octanol–water partition coefficient (Wildman–Crippen LogP) is 1.45. The van der Waals surface area contributed by atoms with Gasteiger partial charge in [-0.15, -0.1) is 17.5 Å². The summed E-state index contributed by atoms with van der Waals surface area (Å²) in [4.78, 5) is 15.0. The molecule has 1 amide bonds. The van der Waals surface area contributed by atoms with Gasteiger partial charge in [-0.3, -0.25) is 14.4 Å². The van der Waals surface area contributed by atoms with Gasteiger partial charge in [0.1, 0.15) is 12.4 Å². The van der Waals surface area contributed by atoms with Gasteiger partial charge >= 0.3 is 0 Å². The van der Waals surface area contributed by atoms with Crippen LogP contribution in [0.1, 0.15) is 30.1 Å². The summed E-state index contributed by atoms with van der Waals surface area (Å²) in [5, 5.41) is 10.3. The lowest BCUT2D eigenvalue weighted by Gasteiger charge is -2.51. The summed E-state index contributed by atoms with van der Waals surface area (Å²) in [5.74, 6) is -0.420. The van der Waals surface area contributed by atoms with Crippen molar-refractivity contribution in [1.82, 2.24) is 29.5 Å². The number of methoxy groups -OCH3 is 1. The van der Waals surface area contributed by atoms with Crippen molar-refractivity contribution in [2.24, 2.45) is 13.0 Å². The van der Waals surface area contributed by atoms with Crippen LogP contribution in [0.4, 0.5) is 4.39 Å². The van der Waals surface area contributed by atoms with Gasteiger partial charge in [-0.25, -0.2) is 12.8 Å². The van der Waals surface area contributed by atoms with Gasteiger partial charge in [0, 0.05) is 52.3 Å². The van der Waals surface area contributed by atoms with Gasteiger partial charge < -0.3 is 10.1 Å². The SMILES string of the molecule is COC(NC(=O)c1ccccc1)C1(N2CCN(S(=O)(=O)c3cn(C)nn3)CC2)CC(F)CC1C.Cl. The lowest BCUT2D eigenvalue weighted by atomic mass is 9.83. The smallest absolute Gasteiger partial charge is 0.264 e. The Morgan fingerprint density at radius 1 is 1.23 bits per heavy atom. The minimum absolute atomic E-state index is 0. The first-order valence-corrected chi connectivity index (χ1v) is 12.8. The zero-order valence-electron chi connectivity index (χ0n) is 20.0. The number of nitrogens with one attached hydrogen (secondary N) is 1. The highest BCUT2D eigenvalue weighted by Crippen LogP contribution is 2.45. The van der Waals surface area contributed by atoms with E-state index in [4.69, 9.17) is 4.74 Å². The molecule has 2 heterocycles. The van der Waals surface area contributed by atoms with Crippen molar-refractivity contribution in [2.75, 3.05) is 33.3 Å². The molecule has 1 aromatic carbocycles. The molecule has 13 heteroatoms. The molecule has 4 unspecified atom stereocenters. The zero-order valence-corrected chi connectivity index (χ0v) is 21.6. The molecule has 0 bridgehead atoms. The van der Waals surface area contributed by atoms with Gasteiger partial charge in [0.25, 0.3) is 15.9 Å². The van der Waals surface area contributed by atoms with Crippen molar-refractivity contribution in [3.05, 3.63) is 42.1 Å². The number of aromatic nitrogens is 3. The molecular formula is C22H32ClFN6O4S. The van der Waals surface area contributed by atoms with E-state index in [1.807, 2.05) is 13.0 Å². The Hall–Kier alpha value is -2.12. The van der Waals surface area contributed by atoms with Crippen LogP contribution in [0.25, 0.3) is 0 Å². The monoisotopic (exact) mass is 530 g/mol. The molecule has 4 atom stereocenters. The molecule has 1 saturated carbocycles. The van der Waals surface area contributed by atoms with Crippen LogP contribution in [0.3, 0.4) is 0 Å². The van der Waals surface area contributed by atoms with Crippen molar-refractivity contribution in [1.29, 1.82) is 0 Å². The van der Waals surface area contributed by atoms with Crippen LogP contribution in [-0.4, -0.2) is 89.8 Å². The average Bonchev–Trinajstić information content (AvgIpc) is 3.41. The van der Waals surface area contributed by atoms with Gasteiger partial charge in [-0.1, -0.05) is 30.3 Å². The number of carbonyl (C=O) groups excluding carboxylic acids is 1. The molecule has 0 radical (unpaired) electrons. The number of benzene rings is 1. The number of piperazine rings is 1. The summed E-state index contributed by atoms with van der Waals surface area (Å²) in [6.45, 7) is 3.14. The number of aryl methyl sites for hydroxylation is 1. The summed E-state index contributed by atoms with van der Waals surface area (Å²) >= 11 is 0. The number of sulfonamides is 1. The molecule has 35 heavy (non-hydrogen) atoms. The Morgan fingerprint density at radius 3 is 2.40 bits per heavy atom. The van der Waals surface area contributed by atoms with Crippen molar-refractivity contribution in [2.45, 2.75) is 42.7 Å². The van der Waals surface area contributed by atoms with E-state index in [-0.39, 0.29) is 48.8 Å². The first-order valence-electron chi connectivity index (χ1n) is 11.3. The maximum absolute atomic E-state index is 14.8. The fraction of sp³-hybridized carbons (Fsp3) is 0.591. The van der Waals surface area contributed by atoms with Crippen LogP contribution in [0.5, 0.6) is 0 Å². The number of nitrogens with zero attached hydrogens (tertiary/aromatic N) is 5. The summed E-state index contributed by atoms with van der Waals surface area (Å²) in [6, 6.07) is 8.80. The topological polar surface area (TPSA) is 110 Å². The second kappa shape index (κ2) is 10.9. The Bertz CT molecular complexity index is 1110. The van der Waals surface area contributed by atoms with E-state index in [1.165, 1.54) is 22.3 Å². The van der Waals surface area contributed by atoms with Crippen LogP contribution >= 0.6 is 12.4 Å². The fourth-order valence-electron chi connectivity index (χ4n) is 5.30. The highest BCUT2D eigenvalue weighted by Gasteiger charge is 2.56. The first kappa shape index (κ1) is 27.5. The van der Waals surface area contributed by atoms with Crippen molar-refractivity contribution < 1.29 is 22.3 Å². The quantitative estimate of drug-likeness (QED) is 0.539. The maximum Gasteiger partial charge on any atom is 0.264 e. The molecule has 1 saturated heterocycles. The molecule has 1 aromatic heterocycles. The maximum atomic E-state index is 14.8. The standard InChI is InChI=1S/C22H31FN6O4S.ClH/c1-16-13-18(23)14-22(16,21(33-3)24-20(30)17-7-5-4-6-8-17)28-9-11-29(12-10-28)34(31,32)19-15-27(2)26-25-19;/h4-8,15-16,18,21H,9-14H2,1-3H3,(H,24,30);1H. The number of rotatable bonds is 7. The van der Waals surface area contributed by atoms with E-state index >= 15 is 0 Å². The van der Waals surface area contributed by atoms with Crippen molar-refractivity contribution in [3.63, 3.8) is 0 Å². The minimum atomic E-state index is -3.78. The molecular weight excluding hydrogens is 499 g/mol. The molecule has 4 rings (SSSR count). The molecule has 2 aliphatic rings. The number of amides is 1. The van der Waals surface area contributed by atoms with Crippen molar-refractivity contribution >= 4 is 28.3 Å². The van der Waals surface area contributed by atoms with Crippen LogP contribution in [0.2, 0.25) is 0 Å². The van der Waals surface area contributed by atoms with Gasteiger partial charge in [0.15, 0.2) is 0 Å². The molecule has 2 fully saturated rings. The van der Waals surface area contributed by atoms with Crippen LogP contribution < -0.4 is 5.32 Å². The van der Waals surface area contributed by atoms with E-state index in [2.05, 4.69) is 20.5 Å². The fourth-order valence-corrected chi connectivity index (χ4v) is 6.63. The molecule has 10 nitrogen and oxygen atoms in total. The van der Waals surface area contributed by atoms with E-state index < -0.39 is 28.0 Å². The average molecular weight is 531 g/mol. The lowest BCUT2D eigenvalue weighted by Crippen LogP contribution is -2.68. The Labute approximate surface area is 211 Å². The zero-order chi connectivity index (χ0) is 24.5.